The second kappa shape index (κ2) is 18.9. The molecule has 0 saturated carbocycles. The quantitative estimate of drug-likeness (QED) is 0.123. The summed E-state index contributed by atoms with van der Waals surface area (Å²) in [5.41, 5.74) is 1.79. The Kier molecular flexibility index (Phi) is 17.7. The number of carbonyl (C=O) groups excluding carboxylic acids is 3. The highest BCUT2D eigenvalue weighted by Crippen LogP contribution is 2.32. The molecule has 0 saturated heterocycles. The van der Waals surface area contributed by atoms with Crippen LogP contribution in [0.4, 0.5) is 5.69 Å². The predicted octanol–water partition coefficient (Wildman–Crippen LogP) is 0.642. The highest BCUT2D eigenvalue weighted by Gasteiger charge is 2.27. The van der Waals surface area contributed by atoms with E-state index < -0.39 is 43.1 Å². The fraction of sp³-hybridized carbons (Fsp3) is 0.640. The number of hydrogen-bond acceptors (Lipinski definition) is 8. The maximum absolute atomic E-state index is 13.1. The fourth-order valence-corrected chi connectivity index (χ4v) is 3.61. The first-order valence-corrected chi connectivity index (χ1v) is 12.9. The molecule has 37 heavy (non-hydrogen) atoms. The second-order valence-corrected chi connectivity index (χ2v) is 8.32. The molecule has 2 atom stereocenters. The first kappa shape index (κ1) is 34.7. The standard InChI is InChI=1S/C23H36ClN3O8.C2H6/c1-4-17-20(23(34)26-9-16(31)11-29)13(2)19(22(33)25-8-15(30)10-28)14(3)21(17)27-18(32)12-35-7-5-6-24;1-2/h15-16,28-31H,4-12H2,1-3H3,(H,25,33)(H,26,34)(H,27,32);1-2H3. The lowest BCUT2D eigenvalue weighted by Crippen LogP contribution is -2.37. The Balaban J connectivity index is 0.00000631. The Hall–Kier alpha value is -2.28. The number of ether oxygens (including phenoxy) is 1. The van der Waals surface area contributed by atoms with Gasteiger partial charge in [-0.25, -0.2) is 0 Å². The molecule has 0 aliphatic carbocycles. The number of halogens is 1. The van der Waals surface area contributed by atoms with E-state index in [4.69, 9.17) is 26.6 Å². The number of carbonyl (C=O) groups is 3. The van der Waals surface area contributed by atoms with Gasteiger partial charge in [-0.1, -0.05) is 20.8 Å². The van der Waals surface area contributed by atoms with Gasteiger partial charge in [-0.2, -0.15) is 0 Å². The van der Waals surface area contributed by atoms with Gasteiger partial charge in [0.15, 0.2) is 0 Å². The lowest BCUT2D eigenvalue weighted by molar-refractivity contribution is -0.120. The van der Waals surface area contributed by atoms with Crippen LogP contribution in [0.3, 0.4) is 0 Å². The number of aliphatic hydroxyl groups excluding tert-OH is 4. The van der Waals surface area contributed by atoms with Crippen molar-refractivity contribution in [3.05, 3.63) is 27.8 Å². The Bertz CT molecular complexity index is 882. The van der Waals surface area contributed by atoms with E-state index in [0.29, 0.717) is 42.0 Å². The van der Waals surface area contributed by atoms with Gasteiger partial charge in [0.05, 0.1) is 25.4 Å². The van der Waals surface area contributed by atoms with Crippen molar-refractivity contribution < 1.29 is 39.5 Å². The Morgan fingerprint density at radius 3 is 1.89 bits per heavy atom. The third-order valence-electron chi connectivity index (χ3n) is 5.25. The molecule has 7 N–H and O–H groups in total. The van der Waals surface area contributed by atoms with E-state index in [-0.39, 0.29) is 36.5 Å². The van der Waals surface area contributed by atoms with Crippen molar-refractivity contribution in [2.24, 2.45) is 0 Å². The van der Waals surface area contributed by atoms with Gasteiger partial charge in [-0.3, -0.25) is 14.4 Å². The first-order chi connectivity index (χ1) is 17.6. The summed E-state index contributed by atoms with van der Waals surface area (Å²) in [7, 11) is 0. The smallest absolute Gasteiger partial charge is 0.252 e. The molecule has 0 bridgehead atoms. The highest BCUT2D eigenvalue weighted by molar-refractivity contribution is 6.17. The van der Waals surface area contributed by atoms with Crippen LogP contribution in [0.5, 0.6) is 0 Å². The molecule has 0 spiro atoms. The van der Waals surface area contributed by atoms with Crippen LogP contribution in [-0.2, 0) is 16.0 Å². The summed E-state index contributed by atoms with van der Waals surface area (Å²) in [6.45, 7) is 7.53. The average Bonchev–Trinajstić information content (AvgIpc) is 2.90. The number of aliphatic hydroxyl groups is 4. The van der Waals surface area contributed by atoms with E-state index in [9.17, 15) is 24.6 Å². The molecule has 1 aromatic carbocycles. The number of nitrogens with one attached hydrogen (secondary N) is 3. The van der Waals surface area contributed by atoms with Crippen molar-refractivity contribution in [2.75, 3.05) is 50.7 Å². The number of rotatable bonds is 15. The molecule has 11 nitrogen and oxygen atoms in total. The van der Waals surface area contributed by atoms with Crippen LogP contribution in [0.2, 0.25) is 0 Å². The number of alkyl halides is 1. The van der Waals surface area contributed by atoms with Crippen LogP contribution in [0, 0.1) is 13.8 Å². The van der Waals surface area contributed by atoms with Crippen molar-refractivity contribution in [1.82, 2.24) is 10.6 Å². The maximum atomic E-state index is 13.1. The van der Waals surface area contributed by atoms with Gasteiger partial charge >= 0.3 is 0 Å². The van der Waals surface area contributed by atoms with E-state index in [0.717, 1.165) is 0 Å². The zero-order valence-electron chi connectivity index (χ0n) is 22.3. The van der Waals surface area contributed by atoms with Crippen LogP contribution in [0.25, 0.3) is 0 Å². The molecule has 1 rings (SSSR count). The maximum Gasteiger partial charge on any atom is 0.252 e. The number of amides is 3. The van der Waals surface area contributed by atoms with Crippen molar-refractivity contribution >= 4 is 35.0 Å². The van der Waals surface area contributed by atoms with Gasteiger partial charge in [0.2, 0.25) is 5.91 Å². The Morgan fingerprint density at radius 2 is 1.43 bits per heavy atom. The van der Waals surface area contributed by atoms with Crippen LogP contribution < -0.4 is 16.0 Å². The van der Waals surface area contributed by atoms with Crippen LogP contribution in [0.15, 0.2) is 0 Å². The third kappa shape index (κ3) is 10.9. The van der Waals surface area contributed by atoms with E-state index in [1.807, 2.05) is 13.8 Å². The summed E-state index contributed by atoms with van der Waals surface area (Å²) in [5, 5.41) is 45.1. The monoisotopic (exact) mass is 547 g/mol. The molecule has 12 heteroatoms. The summed E-state index contributed by atoms with van der Waals surface area (Å²) in [6, 6.07) is 0. The molecular weight excluding hydrogens is 506 g/mol. The minimum Gasteiger partial charge on any atom is -0.394 e. The van der Waals surface area contributed by atoms with Crippen LogP contribution >= 0.6 is 11.6 Å². The molecule has 2 unspecified atom stereocenters. The number of hydrogen-bond donors (Lipinski definition) is 7. The summed E-state index contributed by atoms with van der Waals surface area (Å²) in [6.07, 6.45) is -1.42. The van der Waals surface area contributed by atoms with Gasteiger partial charge in [0.1, 0.15) is 6.61 Å². The molecule has 0 heterocycles. The van der Waals surface area contributed by atoms with E-state index in [1.165, 1.54) is 0 Å². The molecule has 0 aromatic heterocycles. The van der Waals surface area contributed by atoms with Gasteiger partial charge in [0.25, 0.3) is 11.8 Å². The van der Waals surface area contributed by atoms with Gasteiger partial charge < -0.3 is 41.1 Å². The van der Waals surface area contributed by atoms with Crippen LogP contribution in [0.1, 0.15) is 64.6 Å². The minimum atomic E-state index is -1.17. The molecule has 3 amide bonds. The molecular formula is C25H42ClN3O8. The lowest BCUT2D eigenvalue weighted by Gasteiger charge is -2.23. The summed E-state index contributed by atoms with van der Waals surface area (Å²) in [4.78, 5) is 38.7. The van der Waals surface area contributed by atoms with E-state index in [2.05, 4.69) is 16.0 Å². The minimum absolute atomic E-state index is 0.124. The van der Waals surface area contributed by atoms with Gasteiger partial charge in [0, 0.05) is 42.4 Å². The molecule has 0 fully saturated rings. The molecule has 1 aromatic rings. The van der Waals surface area contributed by atoms with Crippen molar-refractivity contribution in [2.45, 2.75) is 59.7 Å². The SMILES string of the molecule is CC.CCc1c(NC(=O)COCCCCl)c(C)c(C(=O)NCC(O)CO)c(C)c1C(=O)NCC(O)CO. The normalized spacial score (nSPS) is 12.2. The number of anilines is 1. The van der Waals surface area contributed by atoms with Gasteiger partial charge in [-0.05, 0) is 43.4 Å². The summed E-state index contributed by atoms with van der Waals surface area (Å²) in [5.74, 6) is -1.28. The average molecular weight is 548 g/mol. The third-order valence-corrected chi connectivity index (χ3v) is 5.52. The molecule has 0 aliphatic rings. The Morgan fingerprint density at radius 1 is 0.919 bits per heavy atom. The molecule has 0 radical (unpaired) electrons. The zero-order chi connectivity index (χ0) is 28.5. The topological polar surface area (TPSA) is 177 Å². The molecule has 212 valence electrons. The van der Waals surface area contributed by atoms with Gasteiger partial charge in [-0.15, -0.1) is 11.6 Å². The fourth-order valence-electron chi connectivity index (χ4n) is 3.50. The zero-order valence-corrected chi connectivity index (χ0v) is 23.1. The predicted molar refractivity (Wildman–Crippen MR) is 142 cm³/mol. The van der Waals surface area contributed by atoms with Crippen molar-refractivity contribution in [3.63, 3.8) is 0 Å². The Labute approximate surface area is 223 Å². The number of benzene rings is 1. The summed E-state index contributed by atoms with van der Waals surface area (Å²) >= 11 is 5.61. The molecule has 0 aliphatic heterocycles. The second-order valence-electron chi connectivity index (χ2n) is 7.94. The first-order valence-electron chi connectivity index (χ1n) is 12.4. The summed E-state index contributed by atoms with van der Waals surface area (Å²) < 4.78 is 5.30. The largest absolute Gasteiger partial charge is 0.394 e. The van der Waals surface area contributed by atoms with E-state index >= 15 is 0 Å². The van der Waals surface area contributed by atoms with Crippen molar-refractivity contribution in [3.8, 4) is 0 Å². The van der Waals surface area contributed by atoms with E-state index in [1.54, 1.807) is 20.8 Å². The lowest BCUT2D eigenvalue weighted by atomic mass is 9.88. The van der Waals surface area contributed by atoms with Crippen molar-refractivity contribution in [1.29, 1.82) is 0 Å². The highest BCUT2D eigenvalue weighted by atomic mass is 35.5. The van der Waals surface area contributed by atoms with Crippen LogP contribution in [-0.4, -0.2) is 95.8 Å².